The van der Waals surface area contributed by atoms with E-state index in [4.69, 9.17) is 0 Å². The minimum absolute atomic E-state index is 0.424. The Morgan fingerprint density at radius 3 is 2.91 bits per heavy atom. The smallest absolute Gasteiger partial charge is 0.272 e. The van der Waals surface area contributed by atoms with Crippen LogP contribution in [0.25, 0.3) is 0 Å². The largest absolute Gasteiger partial charge is 0.488 e. The van der Waals surface area contributed by atoms with Crippen LogP contribution in [0.4, 0.5) is 8.78 Å². The van der Waals surface area contributed by atoms with Crippen molar-refractivity contribution in [3.63, 3.8) is 0 Å². The zero-order valence-corrected chi connectivity index (χ0v) is 5.76. The molecule has 0 aromatic heterocycles. The van der Waals surface area contributed by atoms with Crippen molar-refractivity contribution in [1.82, 2.24) is 0 Å². The summed E-state index contributed by atoms with van der Waals surface area (Å²) in [5.74, 6) is 0.424. The fraction of sp³-hybridized carbons (Fsp3) is 0.250. The van der Waals surface area contributed by atoms with Gasteiger partial charge in [-0.1, -0.05) is 12.1 Å². The normalized spacial score (nSPS) is 10.1. The third-order valence-electron chi connectivity index (χ3n) is 1.05. The molecule has 0 aliphatic rings. The first-order valence-electron chi connectivity index (χ1n) is 3.16. The molecule has 0 fully saturated rings. The van der Waals surface area contributed by atoms with Crippen molar-refractivity contribution in [2.24, 2.45) is 0 Å². The molecule has 3 heteroatoms. The summed E-state index contributed by atoms with van der Waals surface area (Å²) in [7, 11) is 0. The zero-order valence-electron chi connectivity index (χ0n) is 5.76. The van der Waals surface area contributed by atoms with E-state index in [1.807, 2.05) is 0 Å². The molecular weight excluding hydrogens is 150 g/mol. The van der Waals surface area contributed by atoms with Gasteiger partial charge in [0, 0.05) is 0 Å². The Bertz CT molecular complexity index is 199. The maximum absolute atomic E-state index is 11.6. The first kappa shape index (κ1) is 7.98. The summed E-state index contributed by atoms with van der Waals surface area (Å²) in [4.78, 5) is 0. The highest BCUT2D eigenvalue weighted by Gasteiger charge is 2.01. The molecule has 1 aromatic rings. The van der Waals surface area contributed by atoms with E-state index >= 15 is 0 Å². The first-order chi connectivity index (χ1) is 5.29. The highest BCUT2D eigenvalue weighted by Crippen LogP contribution is 2.08. The highest BCUT2D eigenvalue weighted by atomic mass is 19.3. The van der Waals surface area contributed by atoms with Gasteiger partial charge in [-0.15, -0.1) is 0 Å². The number of rotatable bonds is 3. The Morgan fingerprint density at radius 1 is 1.55 bits per heavy atom. The summed E-state index contributed by atoms with van der Waals surface area (Å²) in [6, 6.07) is 9.20. The van der Waals surface area contributed by atoms with Gasteiger partial charge in [-0.05, 0) is 18.2 Å². The molecule has 0 unspecified atom stereocenters. The van der Waals surface area contributed by atoms with E-state index in [0.717, 1.165) is 0 Å². The van der Waals surface area contributed by atoms with Gasteiger partial charge in [0.25, 0.3) is 6.43 Å². The monoisotopic (exact) mass is 157 g/mol. The predicted molar refractivity (Wildman–Crippen MR) is 36.8 cm³/mol. The number of ether oxygens (including phenoxy) is 1. The van der Waals surface area contributed by atoms with Crippen LogP contribution in [0.1, 0.15) is 0 Å². The second-order valence-corrected chi connectivity index (χ2v) is 1.94. The topological polar surface area (TPSA) is 9.23 Å². The van der Waals surface area contributed by atoms with E-state index in [1.165, 1.54) is 6.07 Å². The molecule has 11 heavy (non-hydrogen) atoms. The summed E-state index contributed by atoms with van der Waals surface area (Å²) in [6.07, 6.45) is -2.42. The lowest BCUT2D eigenvalue weighted by Gasteiger charge is -2.03. The third kappa shape index (κ3) is 2.98. The van der Waals surface area contributed by atoms with Crippen molar-refractivity contribution in [3.05, 3.63) is 30.3 Å². The van der Waals surface area contributed by atoms with Gasteiger partial charge in [-0.25, -0.2) is 8.78 Å². The Kier molecular flexibility index (Phi) is 2.83. The Balaban J connectivity index is 2.39. The number of hydrogen-bond acceptors (Lipinski definition) is 1. The molecule has 0 N–H and O–H groups in total. The van der Waals surface area contributed by atoms with Crippen LogP contribution in [0, 0.1) is 6.07 Å². The standard InChI is InChI=1S/C8H7F2O/c9-8(10)6-11-7-4-2-1-3-5-7/h1-2,4-5,8H,6H2. The van der Waals surface area contributed by atoms with Crippen molar-refractivity contribution >= 4 is 0 Å². The molecule has 1 nitrogen and oxygen atoms in total. The van der Waals surface area contributed by atoms with Crippen molar-refractivity contribution < 1.29 is 13.5 Å². The molecule has 1 rings (SSSR count). The van der Waals surface area contributed by atoms with E-state index in [1.54, 1.807) is 18.2 Å². The van der Waals surface area contributed by atoms with Gasteiger partial charge in [0.15, 0.2) is 0 Å². The van der Waals surface area contributed by atoms with Gasteiger partial charge >= 0.3 is 0 Å². The van der Waals surface area contributed by atoms with Crippen molar-refractivity contribution in [3.8, 4) is 5.75 Å². The molecular formula is C8H7F2O. The van der Waals surface area contributed by atoms with Crippen molar-refractivity contribution in [2.75, 3.05) is 6.61 Å². The average molecular weight is 157 g/mol. The quantitative estimate of drug-likeness (QED) is 0.653. The molecule has 1 aromatic carbocycles. The SMILES string of the molecule is FC(F)COc1c[c]ccc1. The molecule has 0 saturated carbocycles. The van der Waals surface area contributed by atoms with Gasteiger partial charge in [-0.2, -0.15) is 0 Å². The van der Waals surface area contributed by atoms with Gasteiger partial charge in [0.1, 0.15) is 12.4 Å². The van der Waals surface area contributed by atoms with Crippen LogP contribution in [0.3, 0.4) is 0 Å². The van der Waals surface area contributed by atoms with E-state index in [2.05, 4.69) is 10.8 Å². The molecule has 0 bridgehead atoms. The number of benzene rings is 1. The van der Waals surface area contributed by atoms with Gasteiger partial charge < -0.3 is 4.74 Å². The van der Waals surface area contributed by atoms with Crippen LogP contribution >= 0.6 is 0 Å². The number of hydrogen-bond donors (Lipinski definition) is 0. The van der Waals surface area contributed by atoms with E-state index in [0.29, 0.717) is 5.75 Å². The Hall–Kier alpha value is -1.12. The molecule has 0 spiro atoms. The van der Waals surface area contributed by atoms with E-state index < -0.39 is 13.0 Å². The Morgan fingerprint density at radius 2 is 2.36 bits per heavy atom. The second kappa shape index (κ2) is 3.91. The fourth-order valence-corrected chi connectivity index (χ4v) is 0.626. The molecule has 0 heterocycles. The zero-order chi connectivity index (χ0) is 8.10. The third-order valence-corrected chi connectivity index (χ3v) is 1.05. The number of halogens is 2. The van der Waals surface area contributed by atoms with Crippen molar-refractivity contribution in [2.45, 2.75) is 6.43 Å². The lowest BCUT2D eigenvalue weighted by atomic mass is 10.3. The summed E-state index contributed by atoms with van der Waals surface area (Å²) in [6.45, 7) is -0.558. The summed E-state index contributed by atoms with van der Waals surface area (Å²) in [5.41, 5.74) is 0. The van der Waals surface area contributed by atoms with Gasteiger partial charge in [0.2, 0.25) is 0 Å². The number of alkyl halides is 2. The van der Waals surface area contributed by atoms with Gasteiger partial charge in [-0.3, -0.25) is 0 Å². The maximum Gasteiger partial charge on any atom is 0.272 e. The minimum atomic E-state index is -2.42. The minimum Gasteiger partial charge on any atom is -0.488 e. The predicted octanol–water partition coefficient (Wildman–Crippen LogP) is 2.13. The second-order valence-electron chi connectivity index (χ2n) is 1.94. The van der Waals surface area contributed by atoms with Crippen LogP contribution in [0.2, 0.25) is 0 Å². The van der Waals surface area contributed by atoms with E-state index in [9.17, 15) is 8.78 Å². The average Bonchev–Trinajstić information content (AvgIpc) is 2.03. The summed E-state index contributed by atoms with van der Waals surface area (Å²) in [5, 5.41) is 0. The van der Waals surface area contributed by atoms with E-state index in [-0.39, 0.29) is 0 Å². The summed E-state index contributed by atoms with van der Waals surface area (Å²) >= 11 is 0. The lowest BCUT2D eigenvalue weighted by molar-refractivity contribution is 0.0819. The van der Waals surface area contributed by atoms with Crippen LogP contribution in [0.5, 0.6) is 5.75 Å². The highest BCUT2D eigenvalue weighted by molar-refractivity contribution is 5.19. The van der Waals surface area contributed by atoms with Gasteiger partial charge in [0.05, 0.1) is 0 Å². The van der Waals surface area contributed by atoms with Crippen LogP contribution in [-0.2, 0) is 0 Å². The molecule has 59 valence electrons. The molecule has 1 radical (unpaired) electrons. The molecule has 0 aliphatic carbocycles. The fourth-order valence-electron chi connectivity index (χ4n) is 0.626. The summed E-state index contributed by atoms with van der Waals surface area (Å²) < 4.78 is 27.9. The first-order valence-corrected chi connectivity index (χ1v) is 3.16. The van der Waals surface area contributed by atoms with Crippen molar-refractivity contribution in [1.29, 1.82) is 0 Å². The molecule has 0 aliphatic heterocycles. The van der Waals surface area contributed by atoms with Crippen LogP contribution < -0.4 is 4.74 Å². The van der Waals surface area contributed by atoms with Crippen LogP contribution in [-0.4, -0.2) is 13.0 Å². The lowest BCUT2D eigenvalue weighted by Crippen LogP contribution is -2.06. The van der Waals surface area contributed by atoms with Crippen LogP contribution in [0.15, 0.2) is 24.3 Å². The maximum atomic E-state index is 11.6. The molecule has 0 atom stereocenters. The Labute approximate surface area is 63.6 Å². The molecule has 0 amide bonds. The molecule has 0 saturated heterocycles.